The zero-order valence-corrected chi connectivity index (χ0v) is 7.72. The van der Waals surface area contributed by atoms with Gasteiger partial charge in [-0.2, -0.15) is 0 Å². The highest BCUT2D eigenvalue weighted by Crippen LogP contribution is 1.96. The van der Waals surface area contributed by atoms with E-state index in [-0.39, 0.29) is 0 Å². The Labute approximate surface area is 69.1 Å². The van der Waals surface area contributed by atoms with Gasteiger partial charge in [0.05, 0.1) is 19.3 Å². The van der Waals surface area contributed by atoms with Gasteiger partial charge in [0.2, 0.25) is 0 Å². The number of methoxy groups -OCH3 is 1. The molecule has 0 unspecified atom stereocenters. The standard InChI is InChI=1S/C6H13NO2.C2H6/c1-8-2-3-9-6-4-7-5-6;1-2/h6-7H,2-5H2,1H3;1-2H3. The number of hydrogen-bond donors (Lipinski definition) is 1. The summed E-state index contributed by atoms with van der Waals surface area (Å²) < 4.78 is 10.1. The summed E-state index contributed by atoms with van der Waals surface area (Å²) in [7, 11) is 1.68. The highest BCUT2D eigenvalue weighted by molar-refractivity contribution is 4.74. The number of ether oxygens (including phenoxy) is 2. The Balaban J connectivity index is 0.000000461. The number of hydrogen-bond acceptors (Lipinski definition) is 3. The van der Waals surface area contributed by atoms with Gasteiger partial charge in [0, 0.05) is 20.2 Å². The van der Waals surface area contributed by atoms with E-state index in [1.807, 2.05) is 13.8 Å². The van der Waals surface area contributed by atoms with E-state index in [0.717, 1.165) is 19.7 Å². The van der Waals surface area contributed by atoms with E-state index in [1.54, 1.807) is 7.11 Å². The van der Waals surface area contributed by atoms with Crippen LogP contribution in [0.15, 0.2) is 0 Å². The summed E-state index contributed by atoms with van der Waals surface area (Å²) in [5.41, 5.74) is 0. The first-order chi connectivity index (χ1) is 5.43. The van der Waals surface area contributed by atoms with Crippen LogP contribution in [0.3, 0.4) is 0 Å². The topological polar surface area (TPSA) is 30.5 Å². The van der Waals surface area contributed by atoms with Gasteiger partial charge in [-0.15, -0.1) is 0 Å². The highest BCUT2D eigenvalue weighted by Gasteiger charge is 2.15. The van der Waals surface area contributed by atoms with Crippen LogP contribution in [0.4, 0.5) is 0 Å². The van der Waals surface area contributed by atoms with Crippen molar-refractivity contribution in [1.82, 2.24) is 5.32 Å². The van der Waals surface area contributed by atoms with Crippen molar-refractivity contribution in [1.29, 1.82) is 0 Å². The SMILES string of the molecule is CC.COCCOC1CNC1. The number of rotatable bonds is 4. The Morgan fingerprint density at radius 2 is 1.91 bits per heavy atom. The van der Waals surface area contributed by atoms with Crippen molar-refractivity contribution < 1.29 is 9.47 Å². The van der Waals surface area contributed by atoms with Crippen LogP contribution in [0.2, 0.25) is 0 Å². The summed E-state index contributed by atoms with van der Waals surface area (Å²) in [6.45, 7) is 7.44. The van der Waals surface area contributed by atoms with Crippen molar-refractivity contribution in [2.24, 2.45) is 0 Å². The van der Waals surface area contributed by atoms with E-state index in [2.05, 4.69) is 5.32 Å². The summed E-state index contributed by atoms with van der Waals surface area (Å²) in [6, 6.07) is 0. The second kappa shape index (κ2) is 7.98. The van der Waals surface area contributed by atoms with Gasteiger partial charge in [0.25, 0.3) is 0 Å². The molecule has 0 bridgehead atoms. The first-order valence-electron chi connectivity index (χ1n) is 4.24. The molecule has 0 saturated carbocycles. The summed E-state index contributed by atoms with van der Waals surface area (Å²) in [4.78, 5) is 0. The normalized spacial score (nSPS) is 16.6. The maximum Gasteiger partial charge on any atom is 0.0824 e. The van der Waals surface area contributed by atoms with Gasteiger partial charge in [-0.1, -0.05) is 13.8 Å². The molecule has 0 spiro atoms. The molecule has 0 aromatic heterocycles. The van der Waals surface area contributed by atoms with Gasteiger partial charge in [0.1, 0.15) is 0 Å². The predicted molar refractivity (Wildman–Crippen MR) is 45.8 cm³/mol. The van der Waals surface area contributed by atoms with Gasteiger partial charge >= 0.3 is 0 Å². The molecular formula is C8H19NO2. The van der Waals surface area contributed by atoms with Gasteiger partial charge in [-0.3, -0.25) is 0 Å². The zero-order chi connectivity index (χ0) is 8.53. The monoisotopic (exact) mass is 161 g/mol. The summed E-state index contributed by atoms with van der Waals surface area (Å²) >= 11 is 0. The third kappa shape index (κ3) is 5.18. The third-order valence-corrected chi connectivity index (χ3v) is 1.39. The Bertz CT molecular complexity index is 74.5. The molecule has 0 aromatic carbocycles. The first-order valence-corrected chi connectivity index (χ1v) is 4.24. The minimum absolute atomic E-state index is 0.445. The minimum Gasteiger partial charge on any atom is -0.382 e. The van der Waals surface area contributed by atoms with Gasteiger partial charge < -0.3 is 14.8 Å². The summed E-state index contributed by atoms with van der Waals surface area (Å²) in [6.07, 6.45) is 0.445. The van der Waals surface area contributed by atoms with Crippen LogP contribution in [0.1, 0.15) is 13.8 Å². The largest absolute Gasteiger partial charge is 0.382 e. The molecule has 0 amide bonds. The van der Waals surface area contributed by atoms with Crippen LogP contribution in [0.25, 0.3) is 0 Å². The van der Waals surface area contributed by atoms with Crippen LogP contribution < -0.4 is 5.32 Å². The molecular weight excluding hydrogens is 142 g/mol. The molecule has 1 rings (SSSR count). The Kier molecular flexibility index (Phi) is 7.89. The molecule has 0 atom stereocenters. The van der Waals surface area contributed by atoms with E-state index >= 15 is 0 Å². The van der Waals surface area contributed by atoms with Crippen molar-refractivity contribution in [3.05, 3.63) is 0 Å². The maximum absolute atomic E-state index is 5.33. The molecule has 11 heavy (non-hydrogen) atoms. The Morgan fingerprint density at radius 1 is 1.27 bits per heavy atom. The minimum atomic E-state index is 0.445. The van der Waals surface area contributed by atoms with Crippen LogP contribution in [0.5, 0.6) is 0 Å². The quantitative estimate of drug-likeness (QED) is 0.614. The molecule has 1 heterocycles. The van der Waals surface area contributed by atoms with Gasteiger partial charge in [-0.25, -0.2) is 0 Å². The highest BCUT2D eigenvalue weighted by atomic mass is 16.5. The Morgan fingerprint density at radius 3 is 2.27 bits per heavy atom. The van der Waals surface area contributed by atoms with Crippen molar-refractivity contribution in [2.45, 2.75) is 20.0 Å². The van der Waals surface area contributed by atoms with E-state index in [0.29, 0.717) is 12.7 Å². The van der Waals surface area contributed by atoms with E-state index in [9.17, 15) is 0 Å². The molecule has 0 aromatic rings. The maximum atomic E-state index is 5.33. The van der Waals surface area contributed by atoms with Crippen molar-refractivity contribution in [3.63, 3.8) is 0 Å². The molecule has 3 heteroatoms. The average Bonchev–Trinajstić information content (AvgIpc) is 1.99. The third-order valence-electron chi connectivity index (χ3n) is 1.39. The van der Waals surface area contributed by atoms with Gasteiger partial charge in [-0.05, 0) is 0 Å². The van der Waals surface area contributed by atoms with Crippen molar-refractivity contribution in [3.8, 4) is 0 Å². The van der Waals surface area contributed by atoms with Gasteiger partial charge in [0.15, 0.2) is 0 Å². The average molecular weight is 161 g/mol. The lowest BCUT2D eigenvalue weighted by Gasteiger charge is -2.26. The summed E-state index contributed by atoms with van der Waals surface area (Å²) in [5.74, 6) is 0. The first kappa shape index (κ1) is 10.9. The van der Waals surface area contributed by atoms with Crippen molar-refractivity contribution in [2.75, 3.05) is 33.4 Å². The predicted octanol–water partition coefficient (Wildman–Crippen LogP) is 0.647. The van der Waals surface area contributed by atoms with E-state index in [4.69, 9.17) is 9.47 Å². The van der Waals surface area contributed by atoms with Crippen LogP contribution in [0, 0.1) is 0 Å². The molecule has 1 fully saturated rings. The second-order valence-corrected chi connectivity index (χ2v) is 2.14. The van der Waals surface area contributed by atoms with Crippen LogP contribution >= 0.6 is 0 Å². The Hall–Kier alpha value is -0.120. The lowest BCUT2D eigenvalue weighted by molar-refractivity contribution is -0.00753. The molecule has 0 radical (unpaired) electrons. The molecule has 1 saturated heterocycles. The van der Waals surface area contributed by atoms with Crippen LogP contribution in [-0.2, 0) is 9.47 Å². The van der Waals surface area contributed by atoms with E-state index in [1.165, 1.54) is 0 Å². The lowest BCUT2D eigenvalue weighted by atomic mass is 10.2. The summed E-state index contributed by atoms with van der Waals surface area (Å²) in [5, 5.41) is 3.12. The fraction of sp³-hybridized carbons (Fsp3) is 1.00. The molecule has 68 valence electrons. The lowest BCUT2D eigenvalue weighted by Crippen LogP contribution is -2.48. The number of nitrogens with one attached hydrogen (secondary N) is 1. The molecule has 3 nitrogen and oxygen atoms in total. The van der Waals surface area contributed by atoms with Crippen molar-refractivity contribution >= 4 is 0 Å². The fourth-order valence-corrected chi connectivity index (χ4v) is 0.678. The molecule has 1 aliphatic rings. The fourth-order valence-electron chi connectivity index (χ4n) is 0.678. The zero-order valence-electron chi connectivity index (χ0n) is 7.72. The van der Waals surface area contributed by atoms with E-state index < -0.39 is 0 Å². The van der Waals surface area contributed by atoms with Crippen LogP contribution in [-0.4, -0.2) is 39.5 Å². The second-order valence-electron chi connectivity index (χ2n) is 2.14. The smallest absolute Gasteiger partial charge is 0.0824 e. The molecule has 1 N–H and O–H groups in total. The molecule has 1 aliphatic heterocycles. The molecule has 0 aliphatic carbocycles.